The molecule has 2 aromatic rings. The van der Waals surface area contributed by atoms with Crippen molar-refractivity contribution in [1.29, 1.82) is 0 Å². The Hall–Kier alpha value is -1.68. The van der Waals surface area contributed by atoms with E-state index < -0.39 is 5.60 Å². The SMILES string of the molecule is C[C@@](O)(C=O)Cn1ccc2cc(F)ccc21. The van der Waals surface area contributed by atoms with Gasteiger partial charge in [-0.2, -0.15) is 0 Å². The Morgan fingerprint density at radius 3 is 2.94 bits per heavy atom. The number of benzene rings is 1. The lowest BCUT2D eigenvalue weighted by molar-refractivity contribution is -0.123. The van der Waals surface area contributed by atoms with E-state index in [1.54, 1.807) is 22.9 Å². The summed E-state index contributed by atoms with van der Waals surface area (Å²) in [6.07, 6.45) is 2.23. The average Bonchev–Trinajstić information content (AvgIpc) is 2.60. The highest BCUT2D eigenvalue weighted by Crippen LogP contribution is 2.18. The molecular formula is C12H12FNO2. The highest BCUT2D eigenvalue weighted by atomic mass is 19.1. The quantitative estimate of drug-likeness (QED) is 0.802. The topological polar surface area (TPSA) is 42.2 Å². The highest BCUT2D eigenvalue weighted by Gasteiger charge is 2.20. The van der Waals surface area contributed by atoms with Crippen molar-refractivity contribution in [1.82, 2.24) is 4.57 Å². The van der Waals surface area contributed by atoms with E-state index >= 15 is 0 Å². The van der Waals surface area contributed by atoms with Crippen molar-refractivity contribution in [3.63, 3.8) is 0 Å². The zero-order chi connectivity index (χ0) is 11.8. The lowest BCUT2D eigenvalue weighted by Gasteiger charge is -2.17. The molecule has 16 heavy (non-hydrogen) atoms. The number of carbonyl (C=O) groups excluding carboxylic acids is 1. The first kappa shape index (κ1) is 10.8. The zero-order valence-electron chi connectivity index (χ0n) is 8.85. The van der Waals surface area contributed by atoms with Gasteiger partial charge in [-0.3, -0.25) is 0 Å². The van der Waals surface area contributed by atoms with Gasteiger partial charge >= 0.3 is 0 Å². The molecule has 1 aromatic carbocycles. The van der Waals surface area contributed by atoms with Gasteiger partial charge < -0.3 is 14.5 Å². The number of aromatic nitrogens is 1. The van der Waals surface area contributed by atoms with E-state index in [0.29, 0.717) is 6.29 Å². The molecule has 0 aliphatic carbocycles. The van der Waals surface area contributed by atoms with Crippen LogP contribution in [0, 0.1) is 5.82 Å². The van der Waals surface area contributed by atoms with Crippen molar-refractivity contribution < 1.29 is 14.3 Å². The number of nitrogens with zero attached hydrogens (tertiary/aromatic N) is 1. The minimum absolute atomic E-state index is 0.158. The van der Waals surface area contributed by atoms with Crippen molar-refractivity contribution >= 4 is 17.2 Å². The van der Waals surface area contributed by atoms with Crippen LogP contribution in [0.4, 0.5) is 4.39 Å². The molecule has 1 atom stereocenters. The van der Waals surface area contributed by atoms with Gasteiger partial charge in [0.1, 0.15) is 11.4 Å². The number of fused-ring (bicyclic) bond motifs is 1. The molecule has 1 aromatic heterocycles. The van der Waals surface area contributed by atoms with Gasteiger partial charge in [0, 0.05) is 17.1 Å². The summed E-state index contributed by atoms with van der Waals surface area (Å²) >= 11 is 0. The fourth-order valence-corrected chi connectivity index (χ4v) is 1.69. The number of hydrogen-bond donors (Lipinski definition) is 1. The second kappa shape index (κ2) is 3.72. The molecule has 0 unspecified atom stereocenters. The predicted octanol–water partition coefficient (Wildman–Crippen LogP) is 1.73. The van der Waals surface area contributed by atoms with E-state index in [9.17, 15) is 14.3 Å². The summed E-state index contributed by atoms with van der Waals surface area (Å²) in [7, 11) is 0. The number of carbonyl (C=O) groups is 1. The van der Waals surface area contributed by atoms with Crippen molar-refractivity contribution in [2.24, 2.45) is 0 Å². The third-order valence-corrected chi connectivity index (χ3v) is 2.48. The van der Waals surface area contributed by atoms with Gasteiger partial charge in [0.25, 0.3) is 0 Å². The summed E-state index contributed by atoms with van der Waals surface area (Å²) in [6.45, 7) is 1.60. The van der Waals surface area contributed by atoms with Gasteiger partial charge in [-0.1, -0.05) is 0 Å². The maximum atomic E-state index is 12.9. The molecule has 4 heteroatoms. The molecule has 0 bridgehead atoms. The zero-order valence-corrected chi connectivity index (χ0v) is 8.85. The van der Waals surface area contributed by atoms with E-state index in [1.807, 2.05) is 0 Å². The van der Waals surface area contributed by atoms with Crippen LogP contribution in [-0.4, -0.2) is 21.6 Å². The summed E-state index contributed by atoms with van der Waals surface area (Å²) in [5.74, 6) is -0.299. The Morgan fingerprint density at radius 1 is 1.50 bits per heavy atom. The third kappa shape index (κ3) is 1.97. The van der Waals surface area contributed by atoms with Gasteiger partial charge in [-0.25, -0.2) is 4.39 Å². The van der Waals surface area contributed by atoms with E-state index in [4.69, 9.17) is 0 Å². The average molecular weight is 221 g/mol. The summed E-state index contributed by atoms with van der Waals surface area (Å²) in [5, 5.41) is 10.4. The molecule has 0 aliphatic rings. The lowest BCUT2D eigenvalue weighted by Crippen LogP contribution is -2.31. The molecule has 0 saturated heterocycles. The number of aliphatic hydroxyl groups is 1. The highest BCUT2D eigenvalue weighted by molar-refractivity contribution is 5.80. The van der Waals surface area contributed by atoms with Gasteiger partial charge in [-0.05, 0) is 31.2 Å². The Labute approximate surface area is 92.1 Å². The van der Waals surface area contributed by atoms with Gasteiger partial charge in [-0.15, -0.1) is 0 Å². The van der Waals surface area contributed by atoms with Gasteiger partial charge in [0.05, 0.1) is 6.54 Å². The summed E-state index contributed by atoms with van der Waals surface area (Å²) < 4.78 is 14.7. The number of halogens is 1. The lowest BCUT2D eigenvalue weighted by atomic mass is 10.1. The molecule has 0 fully saturated rings. The van der Waals surface area contributed by atoms with E-state index in [2.05, 4.69) is 0 Å². The summed E-state index contributed by atoms with van der Waals surface area (Å²) in [5.41, 5.74) is -0.608. The fourth-order valence-electron chi connectivity index (χ4n) is 1.69. The van der Waals surface area contributed by atoms with Crippen molar-refractivity contribution in [3.8, 4) is 0 Å². The number of aldehydes is 1. The largest absolute Gasteiger partial charge is 0.381 e. The van der Waals surface area contributed by atoms with E-state index in [-0.39, 0.29) is 12.4 Å². The number of rotatable bonds is 3. The fraction of sp³-hybridized carbons (Fsp3) is 0.250. The van der Waals surface area contributed by atoms with Crippen LogP contribution >= 0.6 is 0 Å². The monoisotopic (exact) mass is 221 g/mol. The van der Waals surface area contributed by atoms with Crippen LogP contribution in [0.5, 0.6) is 0 Å². The van der Waals surface area contributed by atoms with Gasteiger partial charge in [0.2, 0.25) is 0 Å². The smallest absolute Gasteiger partial charge is 0.153 e. The van der Waals surface area contributed by atoms with Crippen molar-refractivity contribution in [2.45, 2.75) is 19.1 Å². The second-order valence-corrected chi connectivity index (χ2v) is 4.12. The first-order valence-electron chi connectivity index (χ1n) is 4.95. The molecule has 0 amide bonds. The maximum Gasteiger partial charge on any atom is 0.153 e. The van der Waals surface area contributed by atoms with Crippen LogP contribution in [0.1, 0.15) is 6.92 Å². The minimum atomic E-state index is -1.40. The molecule has 2 rings (SSSR count). The molecule has 0 radical (unpaired) electrons. The molecule has 0 spiro atoms. The van der Waals surface area contributed by atoms with Crippen LogP contribution in [0.3, 0.4) is 0 Å². The standard InChI is InChI=1S/C12H12FNO2/c1-12(16,8-15)7-14-5-4-9-6-10(13)2-3-11(9)14/h2-6,8,16H,7H2,1H3/t12-/m0/s1. The third-order valence-electron chi connectivity index (χ3n) is 2.48. The summed E-state index contributed by atoms with van der Waals surface area (Å²) in [6, 6.07) is 6.15. The molecular weight excluding hydrogens is 209 g/mol. The summed E-state index contributed by atoms with van der Waals surface area (Å²) in [4.78, 5) is 10.6. The Bertz CT molecular complexity index is 531. The molecule has 84 valence electrons. The van der Waals surface area contributed by atoms with Crippen molar-refractivity contribution in [2.75, 3.05) is 0 Å². The van der Waals surface area contributed by atoms with Crippen LogP contribution in [-0.2, 0) is 11.3 Å². The first-order valence-corrected chi connectivity index (χ1v) is 4.95. The first-order chi connectivity index (χ1) is 7.52. The Kier molecular flexibility index (Phi) is 2.52. The number of hydrogen-bond acceptors (Lipinski definition) is 2. The molecule has 1 heterocycles. The molecule has 0 saturated carbocycles. The van der Waals surface area contributed by atoms with Crippen LogP contribution in [0.25, 0.3) is 10.9 Å². The molecule has 3 nitrogen and oxygen atoms in total. The van der Waals surface area contributed by atoms with Crippen LogP contribution < -0.4 is 0 Å². The van der Waals surface area contributed by atoms with Crippen LogP contribution in [0.15, 0.2) is 30.5 Å². The normalized spacial score (nSPS) is 14.9. The van der Waals surface area contributed by atoms with Crippen LogP contribution in [0.2, 0.25) is 0 Å². The Morgan fingerprint density at radius 2 is 2.25 bits per heavy atom. The maximum absolute atomic E-state index is 12.9. The van der Waals surface area contributed by atoms with Gasteiger partial charge in [0.15, 0.2) is 6.29 Å². The van der Waals surface area contributed by atoms with E-state index in [1.165, 1.54) is 19.1 Å². The van der Waals surface area contributed by atoms with E-state index in [0.717, 1.165) is 10.9 Å². The second-order valence-electron chi connectivity index (χ2n) is 4.12. The molecule has 0 aliphatic heterocycles. The molecule has 1 N–H and O–H groups in total. The minimum Gasteiger partial charge on any atom is -0.381 e. The Balaban J connectivity index is 2.43. The van der Waals surface area contributed by atoms with Crippen molar-refractivity contribution in [3.05, 3.63) is 36.3 Å². The predicted molar refractivity (Wildman–Crippen MR) is 58.6 cm³/mol.